The van der Waals surface area contributed by atoms with Gasteiger partial charge in [0.05, 0.1) is 5.69 Å². The van der Waals surface area contributed by atoms with Gasteiger partial charge in [0.15, 0.2) is 4.96 Å². The van der Waals surface area contributed by atoms with Gasteiger partial charge in [0, 0.05) is 17.3 Å². The highest BCUT2D eigenvalue weighted by molar-refractivity contribution is 7.99. The van der Waals surface area contributed by atoms with Crippen molar-refractivity contribution in [2.75, 3.05) is 5.75 Å². The van der Waals surface area contributed by atoms with Crippen molar-refractivity contribution in [3.63, 3.8) is 0 Å². The summed E-state index contributed by atoms with van der Waals surface area (Å²) in [6.45, 7) is 5.60. The lowest BCUT2D eigenvalue weighted by Gasteiger charge is -1.93. The Bertz CT molecular complexity index is 697. The van der Waals surface area contributed by atoms with Gasteiger partial charge < -0.3 is 4.42 Å². The van der Waals surface area contributed by atoms with Gasteiger partial charge in [-0.15, -0.1) is 28.1 Å². The second-order valence-electron chi connectivity index (χ2n) is 3.57. The summed E-state index contributed by atoms with van der Waals surface area (Å²) in [6, 6.07) is 0. The van der Waals surface area contributed by atoms with Crippen LogP contribution < -0.4 is 0 Å². The van der Waals surface area contributed by atoms with Gasteiger partial charge in [0.2, 0.25) is 0 Å². The zero-order valence-electron chi connectivity index (χ0n) is 9.66. The predicted octanol–water partition coefficient (Wildman–Crippen LogP) is 3.03. The summed E-state index contributed by atoms with van der Waals surface area (Å²) in [6.07, 6.45) is 3.76. The van der Waals surface area contributed by atoms with Gasteiger partial charge in [0.1, 0.15) is 5.69 Å². The first kappa shape index (κ1) is 11.5. The van der Waals surface area contributed by atoms with Crippen LogP contribution in [0.4, 0.5) is 0 Å². The van der Waals surface area contributed by atoms with Crippen LogP contribution in [0.15, 0.2) is 33.9 Å². The molecule has 3 rings (SSSR count). The quantitative estimate of drug-likeness (QED) is 0.542. The molecule has 0 fully saturated rings. The maximum atomic E-state index is 5.63. The Morgan fingerprint density at radius 2 is 2.44 bits per heavy atom. The Balaban J connectivity index is 2.03. The number of imidazole rings is 1. The summed E-state index contributed by atoms with van der Waals surface area (Å²) < 4.78 is 7.59. The van der Waals surface area contributed by atoms with Gasteiger partial charge >= 0.3 is 0 Å². The maximum Gasteiger partial charge on any atom is 0.277 e. The van der Waals surface area contributed by atoms with Crippen LogP contribution in [0.2, 0.25) is 0 Å². The number of aryl methyl sites for hydroxylation is 1. The molecule has 0 N–H and O–H groups in total. The van der Waals surface area contributed by atoms with Crippen LogP contribution in [0.1, 0.15) is 5.69 Å². The highest BCUT2D eigenvalue weighted by Crippen LogP contribution is 2.28. The number of hydrogen-bond donors (Lipinski definition) is 0. The summed E-state index contributed by atoms with van der Waals surface area (Å²) in [4.78, 5) is 5.38. The minimum absolute atomic E-state index is 0.505. The molecule has 0 bridgehead atoms. The summed E-state index contributed by atoms with van der Waals surface area (Å²) in [7, 11) is 0. The fourth-order valence-corrected chi connectivity index (χ4v) is 2.90. The Morgan fingerprint density at radius 3 is 3.28 bits per heavy atom. The molecule has 0 saturated carbocycles. The van der Waals surface area contributed by atoms with Crippen LogP contribution >= 0.6 is 23.1 Å². The standard InChI is InChI=1S/C11H10N4OS2/c1-3-5-18-11-14-13-9(16-11)8-7(2)12-10-15(8)4-6-17-10/h3-4,6H,1,5H2,2H3. The van der Waals surface area contributed by atoms with Crippen molar-refractivity contribution < 1.29 is 4.42 Å². The van der Waals surface area contributed by atoms with Crippen molar-refractivity contribution in [1.82, 2.24) is 19.6 Å². The molecule has 0 aliphatic heterocycles. The van der Waals surface area contributed by atoms with Crippen LogP contribution in [-0.2, 0) is 0 Å². The van der Waals surface area contributed by atoms with Gasteiger partial charge in [0.25, 0.3) is 11.1 Å². The second-order valence-corrected chi connectivity index (χ2v) is 5.42. The van der Waals surface area contributed by atoms with Crippen molar-refractivity contribution in [3.8, 4) is 11.6 Å². The van der Waals surface area contributed by atoms with E-state index in [1.165, 1.54) is 11.8 Å². The second kappa shape index (κ2) is 4.58. The predicted molar refractivity (Wildman–Crippen MR) is 72.0 cm³/mol. The van der Waals surface area contributed by atoms with Crippen LogP contribution in [-0.4, -0.2) is 25.3 Å². The van der Waals surface area contributed by atoms with Crippen molar-refractivity contribution in [2.24, 2.45) is 0 Å². The number of nitrogens with zero attached hydrogens (tertiary/aromatic N) is 4. The molecular weight excluding hydrogens is 268 g/mol. The Kier molecular flexibility index (Phi) is 2.92. The molecule has 0 saturated heterocycles. The molecule has 0 aliphatic rings. The van der Waals surface area contributed by atoms with Crippen LogP contribution in [0.25, 0.3) is 16.5 Å². The Morgan fingerprint density at radius 1 is 1.56 bits per heavy atom. The van der Waals surface area contributed by atoms with Gasteiger partial charge in [-0.25, -0.2) is 4.98 Å². The molecule has 5 nitrogen and oxygen atoms in total. The first-order valence-electron chi connectivity index (χ1n) is 5.29. The average Bonchev–Trinajstić information content (AvgIpc) is 3.01. The van der Waals surface area contributed by atoms with E-state index in [0.29, 0.717) is 11.1 Å². The molecule has 3 aromatic rings. The number of fused-ring (bicyclic) bond motifs is 1. The molecule has 0 amide bonds. The number of hydrogen-bond acceptors (Lipinski definition) is 6. The lowest BCUT2D eigenvalue weighted by atomic mass is 10.3. The zero-order valence-corrected chi connectivity index (χ0v) is 11.3. The Labute approximate surface area is 112 Å². The maximum absolute atomic E-state index is 5.63. The molecule has 3 aromatic heterocycles. The highest BCUT2D eigenvalue weighted by atomic mass is 32.2. The van der Waals surface area contributed by atoms with Crippen LogP contribution in [0.5, 0.6) is 0 Å². The van der Waals surface area contributed by atoms with Gasteiger partial charge in [-0.1, -0.05) is 17.8 Å². The topological polar surface area (TPSA) is 56.2 Å². The van der Waals surface area contributed by atoms with E-state index in [1.807, 2.05) is 22.9 Å². The summed E-state index contributed by atoms with van der Waals surface area (Å²) >= 11 is 3.05. The van der Waals surface area contributed by atoms with E-state index in [-0.39, 0.29) is 0 Å². The van der Waals surface area contributed by atoms with Crippen molar-refractivity contribution in [1.29, 1.82) is 0 Å². The lowest BCUT2D eigenvalue weighted by Crippen LogP contribution is -1.86. The summed E-state index contributed by atoms with van der Waals surface area (Å²) in [5.74, 6) is 1.26. The monoisotopic (exact) mass is 278 g/mol. The van der Waals surface area contributed by atoms with Crippen LogP contribution in [0.3, 0.4) is 0 Å². The minimum atomic E-state index is 0.505. The minimum Gasteiger partial charge on any atom is -0.410 e. The van der Waals surface area contributed by atoms with Gasteiger partial charge in [-0.05, 0) is 6.92 Å². The van der Waals surface area contributed by atoms with Crippen molar-refractivity contribution in [3.05, 3.63) is 29.9 Å². The number of thiazole rings is 1. The van der Waals surface area contributed by atoms with E-state index < -0.39 is 0 Å². The fraction of sp³-hybridized carbons (Fsp3) is 0.182. The zero-order chi connectivity index (χ0) is 12.5. The molecule has 0 unspecified atom stereocenters. The first-order chi connectivity index (χ1) is 8.79. The van der Waals surface area contributed by atoms with E-state index >= 15 is 0 Å². The number of thioether (sulfide) groups is 1. The van der Waals surface area contributed by atoms with Crippen LogP contribution in [0, 0.1) is 6.92 Å². The third kappa shape index (κ3) is 1.85. The molecule has 7 heteroatoms. The van der Waals surface area contributed by atoms with E-state index in [2.05, 4.69) is 21.8 Å². The number of rotatable bonds is 4. The van der Waals surface area contributed by atoms with E-state index in [0.717, 1.165) is 22.1 Å². The molecule has 0 aliphatic carbocycles. The molecular formula is C11H10N4OS2. The molecule has 3 heterocycles. The molecule has 18 heavy (non-hydrogen) atoms. The van der Waals surface area contributed by atoms with E-state index in [9.17, 15) is 0 Å². The largest absolute Gasteiger partial charge is 0.410 e. The third-order valence-corrected chi connectivity index (χ3v) is 3.94. The molecule has 92 valence electrons. The fourth-order valence-electron chi connectivity index (χ4n) is 1.65. The number of aromatic nitrogens is 4. The van der Waals surface area contributed by atoms with E-state index in [4.69, 9.17) is 4.42 Å². The molecule has 0 spiro atoms. The third-order valence-electron chi connectivity index (χ3n) is 2.37. The normalized spacial score (nSPS) is 11.2. The molecule has 0 aromatic carbocycles. The summed E-state index contributed by atoms with van der Waals surface area (Å²) in [5, 5.41) is 10.6. The SMILES string of the molecule is C=CCSc1nnc(-c2c(C)nc3sccn23)o1. The molecule has 0 radical (unpaired) electrons. The lowest BCUT2D eigenvalue weighted by molar-refractivity contribution is 0.464. The Hall–Kier alpha value is -1.60. The smallest absolute Gasteiger partial charge is 0.277 e. The van der Waals surface area contributed by atoms with Gasteiger partial charge in [-0.3, -0.25) is 4.40 Å². The van der Waals surface area contributed by atoms with Crippen molar-refractivity contribution in [2.45, 2.75) is 12.1 Å². The highest BCUT2D eigenvalue weighted by Gasteiger charge is 2.17. The summed E-state index contributed by atoms with van der Waals surface area (Å²) in [5.41, 5.74) is 1.76. The molecule has 0 atom stereocenters. The van der Waals surface area contributed by atoms with Gasteiger partial charge in [-0.2, -0.15) is 0 Å². The average molecular weight is 278 g/mol. The van der Waals surface area contributed by atoms with Crippen molar-refractivity contribution >= 4 is 28.1 Å². The first-order valence-corrected chi connectivity index (χ1v) is 7.16. The van der Waals surface area contributed by atoms with E-state index in [1.54, 1.807) is 17.4 Å².